The van der Waals surface area contributed by atoms with E-state index >= 15 is 0 Å². The average Bonchev–Trinajstić information content (AvgIpc) is 3.11. The highest BCUT2D eigenvalue weighted by Crippen LogP contribution is 2.34. The third-order valence-electron chi connectivity index (χ3n) is 4.55. The van der Waals surface area contributed by atoms with Gasteiger partial charge in [0.05, 0.1) is 5.69 Å². The maximum Gasteiger partial charge on any atom is 0.251 e. The molecule has 1 fully saturated rings. The van der Waals surface area contributed by atoms with Gasteiger partial charge in [-0.1, -0.05) is 37.5 Å². The molecule has 2 amide bonds. The van der Waals surface area contributed by atoms with Crippen LogP contribution < -0.4 is 10.6 Å². The zero-order chi connectivity index (χ0) is 17.6. The molecule has 5 nitrogen and oxygen atoms in total. The zero-order valence-electron chi connectivity index (χ0n) is 14.3. The molecule has 1 aliphatic carbocycles. The lowest BCUT2D eigenvalue weighted by atomic mass is 9.87. The Bertz CT molecular complexity index is 723. The number of hydrogen-bond donors (Lipinski definition) is 2. The highest BCUT2D eigenvalue weighted by Gasteiger charge is 2.21. The number of hydrogen-bond acceptors (Lipinski definition) is 4. The molecule has 0 radical (unpaired) electrons. The minimum Gasteiger partial charge on any atom is -0.341 e. The van der Waals surface area contributed by atoms with Crippen molar-refractivity contribution in [2.24, 2.45) is 0 Å². The van der Waals surface area contributed by atoms with Gasteiger partial charge in [0.2, 0.25) is 5.91 Å². The molecule has 0 saturated heterocycles. The molecule has 1 heterocycles. The summed E-state index contributed by atoms with van der Waals surface area (Å²) in [6.07, 6.45) is 6.18. The van der Waals surface area contributed by atoms with Crippen LogP contribution >= 0.6 is 11.3 Å². The van der Waals surface area contributed by atoms with Gasteiger partial charge in [0.1, 0.15) is 6.04 Å². The van der Waals surface area contributed by atoms with Crippen LogP contribution in [-0.2, 0) is 4.79 Å². The molecule has 25 heavy (non-hydrogen) atoms. The highest BCUT2D eigenvalue weighted by atomic mass is 32.1. The first kappa shape index (κ1) is 17.6. The third kappa shape index (κ3) is 4.66. The van der Waals surface area contributed by atoms with Crippen molar-refractivity contribution >= 4 is 28.3 Å². The van der Waals surface area contributed by atoms with Gasteiger partial charge in [-0.2, -0.15) is 0 Å². The lowest BCUT2D eigenvalue weighted by Crippen LogP contribution is -2.41. The Morgan fingerprint density at radius 1 is 1.16 bits per heavy atom. The average molecular weight is 357 g/mol. The lowest BCUT2D eigenvalue weighted by molar-refractivity contribution is -0.117. The van der Waals surface area contributed by atoms with Gasteiger partial charge in [-0.25, -0.2) is 4.98 Å². The van der Waals surface area contributed by atoms with Gasteiger partial charge in [0, 0.05) is 16.9 Å². The first-order chi connectivity index (χ1) is 12.1. The number of anilines is 1. The molecular formula is C19H23N3O2S. The van der Waals surface area contributed by atoms with Crippen molar-refractivity contribution in [1.29, 1.82) is 0 Å². The minimum atomic E-state index is -0.630. The fourth-order valence-electron chi connectivity index (χ4n) is 3.08. The van der Waals surface area contributed by atoms with Crippen molar-refractivity contribution in [3.63, 3.8) is 0 Å². The number of aromatic nitrogens is 1. The Kier molecular flexibility index (Phi) is 5.81. The van der Waals surface area contributed by atoms with Crippen molar-refractivity contribution in [1.82, 2.24) is 10.3 Å². The molecule has 1 atom stereocenters. The number of nitrogens with zero attached hydrogens (tertiary/aromatic N) is 1. The van der Waals surface area contributed by atoms with Crippen LogP contribution in [0.25, 0.3) is 0 Å². The summed E-state index contributed by atoms with van der Waals surface area (Å²) in [5.41, 5.74) is 1.62. The quantitative estimate of drug-likeness (QED) is 0.851. The number of nitrogens with one attached hydrogen (secondary N) is 2. The van der Waals surface area contributed by atoms with Crippen molar-refractivity contribution in [3.05, 3.63) is 47.0 Å². The molecule has 0 spiro atoms. The van der Waals surface area contributed by atoms with Crippen molar-refractivity contribution < 1.29 is 9.59 Å². The Morgan fingerprint density at radius 3 is 2.60 bits per heavy atom. The second kappa shape index (κ2) is 8.25. The third-order valence-corrected chi connectivity index (χ3v) is 5.33. The molecule has 2 aromatic rings. The SMILES string of the molecule is CC(NC(=O)c1ccccc1)C(=O)Nc1nc(C2CCCCC2)cs1. The van der Waals surface area contributed by atoms with E-state index in [0.29, 0.717) is 16.6 Å². The van der Waals surface area contributed by atoms with E-state index in [4.69, 9.17) is 0 Å². The van der Waals surface area contributed by atoms with E-state index in [2.05, 4.69) is 15.6 Å². The number of thiazole rings is 1. The first-order valence-electron chi connectivity index (χ1n) is 8.75. The maximum atomic E-state index is 12.3. The van der Waals surface area contributed by atoms with Crippen LogP contribution in [0.1, 0.15) is 61.0 Å². The number of carbonyl (C=O) groups is 2. The van der Waals surface area contributed by atoms with Crippen molar-refractivity contribution in [3.8, 4) is 0 Å². The summed E-state index contributed by atoms with van der Waals surface area (Å²) in [4.78, 5) is 29.0. The second-order valence-corrected chi connectivity index (χ2v) is 7.32. The molecule has 0 aliphatic heterocycles. The van der Waals surface area contributed by atoms with Gasteiger partial charge in [0.25, 0.3) is 5.91 Å². The molecule has 1 saturated carbocycles. The Hall–Kier alpha value is -2.21. The Balaban J connectivity index is 1.54. The van der Waals surface area contributed by atoms with Crippen molar-refractivity contribution in [2.45, 2.75) is 51.0 Å². The summed E-state index contributed by atoms with van der Waals surface area (Å²) in [7, 11) is 0. The molecule has 6 heteroatoms. The van der Waals surface area contributed by atoms with Gasteiger partial charge in [0.15, 0.2) is 5.13 Å². The standard InChI is InChI=1S/C19H23N3O2S/c1-13(20-18(24)15-10-6-3-7-11-15)17(23)22-19-21-16(12-25-19)14-8-4-2-5-9-14/h3,6-7,10-14H,2,4-5,8-9H2,1H3,(H,20,24)(H,21,22,23). The second-order valence-electron chi connectivity index (χ2n) is 6.46. The predicted octanol–water partition coefficient (Wildman–Crippen LogP) is 3.95. The minimum absolute atomic E-state index is 0.256. The van der Waals surface area contributed by atoms with E-state index < -0.39 is 6.04 Å². The molecular weight excluding hydrogens is 334 g/mol. The van der Waals surface area contributed by atoms with Gasteiger partial charge >= 0.3 is 0 Å². The van der Waals surface area contributed by atoms with E-state index in [-0.39, 0.29) is 11.8 Å². The fraction of sp³-hybridized carbons (Fsp3) is 0.421. The van der Waals surface area contributed by atoms with Gasteiger partial charge in [-0.15, -0.1) is 11.3 Å². The highest BCUT2D eigenvalue weighted by molar-refractivity contribution is 7.13. The summed E-state index contributed by atoms with van der Waals surface area (Å²) >= 11 is 1.45. The van der Waals surface area contributed by atoms with Gasteiger partial charge in [-0.05, 0) is 31.9 Å². The molecule has 0 bridgehead atoms. The lowest BCUT2D eigenvalue weighted by Gasteiger charge is -2.19. The predicted molar refractivity (Wildman–Crippen MR) is 99.9 cm³/mol. The van der Waals surface area contributed by atoms with Gasteiger partial charge in [-0.3, -0.25) is 9.59 Å². The molecule has 2 N–H and O–H groups in total. The summed E-state index contributed by atoms with van der Waals surface area (Å²) in [6, 6.07) is 8.24. The van der Waals surface area contributed by atoms with E-state index in [1.54, 1.807) is 31.2 Å². The summed E-state index contributed by atoms with van der Waals surface area (Å²) < 4.78 is 0. The van der Waals surface area contributed by atoms with E-state index in [0.717, 1.165) is 5.69 Å². The maximum absolute atomic E-state index is 12.3. The van der Waals surface area contributed by atoms with E-state index in [1.807, 2.05) is 11.4 Å². The molecule has 1 unspecified atom stereocenters. The van der Waals surface area contributed by atoms with E-state index in [1.165, 1.54) is 43.4 Å². The largest absolute Gasteiger partial charge is 0.341 e. The fourth-order valence-corrected chi connectivity index (χ4v) is 3.87. The summed E-state index contributed by atoms with van der Waals surface area (Å²) in [5, 5.41) is 8.17. The van der Waals surface area contributed by atoms with Crippen LogP contribution in [0.2, 0.25) is 0 Å². The Labute approximate surface area is 151 Å². The van der Waals surface area contributed by atoms with E-state index in [9.17, 15) is 9.59 Å². The molecule has 1 aromatic heterocycles. The summed E-state index contributed by atoms with van der Waals surface area (Å²) in [6.45, 7) is 1.67. The number of benzene rings is 1. The molecule has 1 aromatic carbocycles. The van der Waals surface area contributed by atoms with Crippen LogP contribution in [0.15, 0.2) is 35.7 Å². The van der Waals surface area contributed by atoms with Crippen LogP contribution in [0.5, 0.6) is 0 Å². The number of amides is 2. The zero-order valence-corrected chi connectivity index (χ0v) is 15.1. The van der Waals surface area contributed by atoms with Crippen LogP contribution in [0.4, 0.5) is 5.13 Å². The summed E-state index contributed by atoms with van der Waals surface area (Å²) in [5.74, 6) is 0.00460. The van der Waals surface area contributed by atoms with Crippen LogP contribution in [0.3, 0.4) is 0 Å². The normalized spacial score (nSPS) is 16.2. The molecule has 132 valence electrons. The first-order valence-corrected chi connectivity index (χ1v) is 9.63. The number of rotatable bonds is 5. The van der Waals surface area contributed by atoms with Crippen molar-refractivity contribution in [2.75, 3.05) is 5.32 Å². The van der Waals surface area contributed by atoms with Crippen LogP contribution in [0, 0.1) is 0 Å². The Morgan fingerprint density at radius 2 is 1.88 bits per heavy atom. The smallest absolute Gasteiger partial charge is 0.251 e. The number of carbonyl (C=O) groups excluding carboxylic acids is 2. The molecule has 3 rings (SSSR count). The molecule has 1 aliphatic rings. The van der Waals surface area contributed by atoms with Gasteiger partial charge < -0.3 is 10.6 Å². The van der Waals surface area contributed by atoms with Crippen LogP contribution in [-0.4, -0.2) is 22.8 Å². The monoisotopic (exact) mass is 357 g/mol. The topological polar surface area (TPSA) is 71.1 Å².